The van der Waals surface area contributed by atoms with Crippen LogP contribution in [0.2, 0.25) is 0 Å². The summed E-state index contributed by atoms with van der Waals surface area (Å²) in [4.78, 5) is 22.6. The second-order valence-electron chi connectivity index (χ2n) is 5.19. The van der Waals surface area contributed by atoms with Crippen molar-refractivity contribution in [1.82, 2.24) is 16.0 Å². The van der Waals surface area contributed by atoms with Gasteiger partial charge >= 0.3 is 12.1 Å². The van der Waals surface area contributed by atoms with Crippen LogP contribution in [0, 0.1) is 0 Å². The smallest absolute Gasteiger partial charge is 0.407 e. The van der Waals surface area contributed by atoms with Gasteiger partial charge in [0.25, 0.3) is 0 Å². The maximum Gasteiger partial charge on any atom is 0.407 e. The Morgan fingerprint density at radius 3 is 2.24 bits per heavy atom. The fourth-order valence-corrected chi connectivity index (χ4v) is 1.22. The Morgan fingerprint density at radius 2 is 1.67 bits per heavy atom. The lowest BCUT2D eigenvalue weighted by atomic mass is 10.2. The third-order valence-electron chi connectivity index (χ3n) is 2.05. The Labute approximate surface area is 126 Å². The van der Waals surface area contributed by atoms with Gasteiger partial charge in [0.1, 0.15) is 5.60 Å². The quantitative estimate of drug-likeness (QED) is 0.467. The van der Waals surface area contributed by atoms with Crippen molar-refractivity contribution >= 4 is 12.1 Å². The van der Waals surface area contributed by atoms with E-state index in [1.165, 1.54) is 0 Å². The van der Waals surface area contributed by atoms with E-state index in [-0.39, 0.29) is 6.03 Å². The molecule has 122 valence electrons. The molecule has 0 aliphatic carbocycles. The predicted octanol–water partition coefficient (Wildman–Crippen LogP) is 1.40. The highest BCUT2D eigenvalue weighted by molar-refractivity contribution is 5.73. The number of alkyl carbamates (subject to hydrolysis) is 1. The molecule has 0 saturated carbocycles. The third kappa shape index (κ3) is 14.5. The summed E-state index contributed by atoms with van der Waals surface area (Å²) < 4.78 is 10.2. The zero-order valence-electron chi connectivity index (χ0n) is 13.3. The van der Waals surface area contributed by atoms with Crippen LogP contribution >= 0.6 is 0 Å². The Balaban J connectivity index is 3.56. The molecular formula is C14H27N3O4. The first-order chi connectivity index (χ1) is 9.85. The number of nitrogens with one attached hydrogen (secondary N) is 3. The summed E-state index contributed by atoms with van der Waals surface area (Å²) in [6, 6.07) is -0.251. The fourth-order valence-electron chi connectivity index (χ4n) is 1.22. The van der Waals surface area contributed by atoms with Gasteiger partial charge in [0.15, 0.2) is 0 Å². The second-order valence-corrected chi connectivity index (χ2v) is 5.19. The molecule has 21 heavy (non-hydrogen) atoms. The lowest BCUT2D eigenvalue weighted by Gasteiger charge is -2.19. The average Bonchev–Trinajstić information content (AvgIpc) is 2.36. The number of hydrogen-bond acceptors (Lipinski definition) is 4. The van der Waals surface area contributed by atoms with Crippen LogP contribution in [0.1, 0.15) is 27.7 Å². The van der Waals surface area contributed by atoms with Gasteiger partial charge in [0.2, 0.25) is 0 Å². The largest absolute Gasteiger partial charge is 0.444 e. The molecule has 3 N–H and O–H groups in total. The normalized spacial score (nSPS) is 11.2. The lowest BCUT2D eigenvalue weighted by molar-refractivity contribution is 0.0534. The van der Waals surface area contributed by atoms with Gasteiger partial charge < -0.3 is 25.4 Å². The average molecular weight is 301 g/mol. The van der Waals surface area contributed by atoms with Crippen molar-refractivity contribution in [3.05, 3.63) is 12.2 Å². The number of carbonyl (C=O) groups excluding carboxylic acids is 2. The lowest BCUT2D eigenvalue weighted by Crippen LogP contribution is -2.37. The minimum Gasteiger partial charge on any atom is -0.444 e. The second kappa shape index (κ2) is 11.0. The van der Waals surface area contributed by atoms with E-state index in [1.807, 2.05) is 6.92 Å². The first-order valence-electron chi connectivity index (χ1n) is 7.06. The third-order valence-corrected chi connectivity index (χ3v) is 2.05. The first kappa shape index (κ1) is 19.2. The molecule has 0 bridgehead atoms. The molecule has 0 unspecified atom stereocenters. The van der Waals surface area contributed by atoms with Crippen molar-refractivity contribution in [1.29, 1.82) is 0 Å². The molecule has 3 amide bonds. The highest BCUT2D eigenvalue weighted by Crippen LogP contribution is 2.05. The number of urea groups is 1. The molecule has 0 aromatic heterocycles. The molecule has 0 rings (SSSR count). The summed E-state index contributed by atoms with van der Waals surface area (Å²) >= 11 is 0. The van der Waals surface area contributed by atoms with Gasteiger partial charge in [-0.2, -0.15) is 0 Å². The summed E-state index contributed by atoms with van der Waals surface area (Å²) in [5.74, 6) is 0. The molecule has 0 fully saturated rings. The molecule has 0 saturated heterocycles. The van der Waals surface area contributed by atoms with Gasteiger partial charge in [-0.1, -0.05) is 12.2 Å². The van der Waals surface area contributed by atoms with Crippen LogP contribution in [0.15, 0.2) is 12.2 Å². The summed E-state index contributed by atoms with van der Waals surface area (Å²) in [6.45, 7) is 9.65. The minimum absolute atomic E-state index is 0.251. The Kier molecular flexibility index (Phi) is 10.0. The number of amides is 3. The SMILES string of the molecule is CCOCCNC(=O)NCC=CCNC(=O)OC(C)(C)C. The van der Waals surface area contributed by atoms with E-state index in [0.717, 1.165) is 0 Å². The molecule has 0 aliphatic heterocycles. The van der Waals surface area contributed by atoms with Crippen LogP contribution in [0.3, 0.4) is 0 Å². The summed E-state index contributed by atoms with van der Waals surface area (Å²) in [5, 5.41) is 7.89. The Morgan fingerprint density at radius 1 is 1.05 bits per heavy atom. The van der Waals surface area contributed by atoms with Gasteiger partial charge in [-0.15, -0.1) is 0 Å². The molecule has 0 atom stereocenters. The van der Waals surface area contributed by atoms with E-state index in [2.05, 4.69) is 16.0 Å². The van der Waals surface area contributed by atoms with Crippen molar-refractivity contribution in [3.8, 4) is 0 Å². The first-order valence-corrected chi connectivity index (χ1v) is 7.06. The summed E-state index contributed by atoms with van der Waals surface area (Å²) in [7, 11) is 0. The molecule has 7 heteroatoms. The molecule has 0 radical (unpaired) electrons. The monoisotopic (exact) mass is 301 g/mol. The molecule has 0 aliphatic rings. The van der Waals surface area contributed by atoms with E-state index in [4.69, 9.17) is 9.47 Å². The van der Waals surface area contributed by atoms with E-state index < -0.39 is 11.7 Å². The van der Waals surface area contributed by atoms with Crippen LogP contribution in [-0.4, -0.2) is 50.6 Å². The van der Waals surface area contributed by atoms with Crippen molar-refractivity contribution in [2.75, 3.05) is 32.8 Å². The molecule has 0 spiro atoms. The minimum atomic E-state index is -0.505. The van der Waals surface area contributed by atoms with Gasteiger partial charge in [-0.25, -0.2) is 9.59 Å². The van der Waals surface area contributed by atoms with E-state index in [9.17, 15) is 9.59 Å². The van der Waals surface area contributed by atoms with Crippen LogP contribution in [-0.2, 0) is 9.47 Å². The Bertz CT molecular complexity index is 338. The van der Waals surface area contributed by atoms with Gasteiger partial charge in [0.05, 0.1) is 6.61 Å². The zero-order chi connectivity index (χ0) is 16.1. The van der Waals surface area contributed by atoms with E-state index >= 15 is 0 Å². The zero-order valence-corrected chi connectivity index (χ0v) is 13.3. The standard InChI is InChI=1S/C14H27N3O4/c1-5-20-11-10-16-12(18)15-8-6-7-9-17-13(19)21-14(2,3)4/h6-7H,5,8-11H2,1-4H3,(H,17,19)(H2,15,16,18). The maximum atomic E-state index is 11.3. The van der Waals surface area contributed by atoms with Gasteiger partial charge in [-0.3, -0.25) is 0 Å². The number of hydrogen-bond donors (Lipinski definition) is 3. The molecule has 0 aromatic carbocycles. The summed E-state index contributed by atoms with van der Waals surface area (Å²) in [5.41, 5.74) is -0.505. The maximum absolute atomic E-state index is 11.3. The summed E-state index contributed by atoms with van der Waals surface area (Å²) in [6.07, 6.45) is 3.03. The molecule has 0 aromatic rings. The van der Waals surface area contributed by atoms with Gasteiger partial charge in [-0.05, 0) is 27.7 Å². The van der Waals surface area contributed by atoms with Crippen LogP contribution < -0.4 is 16.0 Å². The number of ether oxygens (including phenoxy) is 2. The van der Waals surface area contributed by atoms with Crippen LogP contribution in [0.25, 0.3) is 0 Å². The van der Waals surface area contributed by atoms with Gasteiger partial charge in [0, 0.05) is 26.2 Å². The number of rotatable bonds is 8. The van der Waals surface area contributed by atoms with E-state index in [1.54, 1.807) is 32.9 Å². The topological polar surface area (TPSA) is 88.7 Å². The Hall–Kier alpha value is -1.76. The fraction of sp³-hybridized carbons (Fsp3) is 0.714. The van der Waals surface area contributed by atoms with Crippen LogP contribution in [0.4, 0.5) is 9.59 Å². The molecular weight excluding hydrogens is 274 g/mol. The van der Waals surface area contributed by atoms with Crippen molar-refractivity contribution in [3.63, 3.8) is 0 Å². The molecule has 7 nitrogen and oxygen atoms in total. The van der Waals surface area contributed by atoms with Crippen molar-refractivity contribution < 1.29 is 19.1 Å². The van der Waals surface area contributed by atoms with Crippen molar-refractivity contribution in [2.24, 2.45) is 0 Å². The van der Waals surface area contributed by atoms with E-state index in [0.29, 0.717) is 32.8 Å². The highest BCUT2D eigenvalue weighted by Gasteiger charge is 2.14. The molecule has 0 heterocycles. The highest BCUT2D eigenvalue weighted by atomic mass is 16.6. The van der Waals surface area contributed by atoms with Crippen molar-refractivity contribution in [2.45, 2.75) is 33.3 Å². The predicted molar refractivity (Wildman–Crippen MR) is 81.3 cm³/mol. The van der Waals surface area contributed by atoms with Crippen LogP contribution in [0.5, 0.6) is 0 Å². The number of carbonyl (C=O) groups is 2.